The van der Waals surface area contributed by atoms with Gasteiger partial charge in [0.15, 0.2) is 5.57 Å². The van der Waals surface area contributed by atoms with Crippen molar-refractivity contribution in [3.8, 4) is 12.1 Å². The van der Waals surface area contributed by atoms with Crippen LogP contribution in [0.5, 0.6) is 0 Å². The van der Waals surface area contributed by atoms with Crippen molar-refractivity contribution in [2.45, 2.75) is 0 Å². The van der Waals surface area contributed by atoms with Gasteiger partial charge in [0.2, 0.25) is 0 Å². The van der Waals surface area contributed by atoms with Crippen molar-refractivity contribution in [1.29, 1.82) is 10.5 Å². The highest BCUT2D eigenvalue weighted by atomic mass is 15.2. The molecule has 0 unspecified atom stereocenters. The van der Waals surface area contributed by atoms with Gasteiger partial charge in [0.1, 0.15) is 18.0 Å². The number of nitrogens with zero attached hydrogens (tertiary/aromatic N) is 3. The molecule has 11 heavy (non-hydrogen) atoms. The molecule has 4 nitrogen and oxygen atoms in total. The minimum absolute atomic E-state index is 0.0949. The van der Waals surface area contributed by atoms with E-state index in [0.29, 0.717) is 5.82 Å². The average molecular weight is 146 g/mol. The first-order valence-corrected chi connectivity index (χ1v) is 3.00. The average Bonchev–Trinajstić information content (AvgIpc) is 2.40. The van der Waals surface area contributed by atoms with Crippen LogP contribution in [0, 0.1) is 22.7 Å². The Balaban J connectivity index is 3.00. The van der Waals surface area contributed by atoms with Crippen molar-refractivity contribution in [3.05, 3.63) is 23.8 Å². The normalized spacial score (nSPS) is 13.7. The highest BCUT2D eigenvalue weighted by Crippen LogP contribution is 2.09. The molecule has 1 aliphatic heterocycles. The van der Waals surface area contributed by atoms with Crippen LogP contribution in [0.3, 0.4) is 0 Å². The Morgan fingerprint density at radius 2 is 2.18 bits per heavy atom. The lowest BCUT2D eigenvalue weighted by atomic mass is 10.3. The molecule has 0 spiro atoms. The first kappa shape index (κ1) is 7.17. The Hall–Kier alpha value is -1.94. The maximum absolute atomic E-state index is 8.48. The van der Waals surface area contributed by atoms with Crippen molar-refractivity contribution in [2.24, 2.45) is 0 Å². The third-order valence-corrected chi connectivity index (χ3v) is 1.33. The second-order valence-electron chi connectivity index (χ2n) is 2.02. The van der Waals surface area contributed by atoms with E-state index in [2.05, 4.69) is 5.32 Å². The van der Waals surface area contributed by atoms with E-state index in [-0.39, 0.29) is 5.57 Å². The van der Waals surface area contributed by atoms with Crippen molar-refractivity contribution in [1.82, 2.24) is 10.2 Å². The van der Waals surface area contributed by atoms with Gasteiger partial charge in [-0.15, -0.1) is 0 Å². The van der Waals surface area contributed by atoms with E-state index in [9.17, 15) is 0 Å². The van der Waals surface area contributed by atoms with Gasteiger partial charge in [-0.1, -0.05) is 0 Å². The molecule has 0 radical (unpaired) electrons. The van der Waals surface area contributed by atoms with Gasteiger partial charge in [0.05, 0.1) is 0 Å². The quantitative estimate of drug-likeness (QED) is 0.497. The molecule has 0 aromatic rings. The van der Waals surface area contributed by atoms with Crippen LogP contribution >= 0.6 is 0 Å². The van der Waals surface area contributed by atoms with E-state index in [1.54, 1.807) is 36.5 Å². The lowest BCUT2D eigenvalue weighted by Crippen LogP contribution is -2.15. The van der Waals surface area contributed by atoms with Crippen LogP contribution in [0.4, 0.5) is 0 Å². The maximum atomic E-state index is 8.48. The SMILES string of the molecule is CN1C=CNC1=C(C#N)C#N. The second kappa shape index (κ2) is 2.76. The number of nitrogens with one attached hydrogen (secondary N) is 1. The minimum Gasteiger partial charge on any atom is -0.345 e. The minimum atomic E-state index is 0.0949. The molecule has 0 aromatic heterocycles. The van der Waals surface area contributed by atoms with Crippen LogP contribution in [-0.4, -0.2) is 11.9 Å². The summed E-state index contributed by atoms with van der Waals surface area (Å²) >= 11 is 0. The molecule has 0 aliphatic carbocycles. The summed E-state index contributed by atoms with van der Waals surface area (Å²) in [7, 11) is 1.76. The first-order valence-electron chi connectivity index (χ1n) is 3.00. The highest BCUT2D eigenvalue weighted by molar-refractivity contribution is 5.40. The molecule has 0 atom stereocenters. The Bertz CT molecular complexity index is 283. The lowest BCUT2D eigenvalue weighted by molar-refractivity contribution is 0.567. The molecular formula is C7H6N4. The number of hydrogen-bond donors (Lipinski definition) is 1. The van der Waals surface area contributed by atoms with Crippen LogP contribution < -0.4 is 5.32 Å². The van der Waals surface area contributed by atoms with E-state index in [1.807, 2.05) is 0 Å². The van der Waals surface area contributed by atoms with Gasteiger partial charge in [-0.25, -0.2) is 0 Å². The van der Waals surface area contributed by atoms with Gasteiger partial charge in [0.25, 0.3) is 0 Å². The number of allylic oxidation sites excluding steroid dienone is 1. The smallest absolute Gasteiger partial charge is 0.170 e. The molecule has 0 saturated heterocycles. The molecular weight excluding hydrogens is 140 g/mol. The lowest BCUT2D eigenvalue weighted by Gasteiger charge is -2.09. The van der Waals surface area contributed by atoms with Gasteiger partial charge in [-0.2, -0.15) is 10.5 Å². The third kappa shape index (κ3) is 1.15. The fourth-order valence-corrected chi connectivity index (χ4v) is 0.784. The van der Waals surface area contributed by atoms with Gasteiger partial charge in [-0.3, -0.25) is 0 Å². The molecule has 1 aliphatic rings. The molecule has 1 N–H and O–H groups in total. The zero-order valence-corrected chi connectivity index (χ0v) is 6.00. The zero-order valence-electron chi connectivity index (χ0n) is 6.00. The summed E-state index contributed by atoms with van der Waals surface area (Å²) in [5.41, 5.74) is 0.0949. The van der Waals surface area contributed by atoms with Crippen LogP contribution in [0.2, 0.25) is 0 Å². The fourth-order valence-electron chi connectivity index (χ4n) is 0.784. The topological polar surface area (TPSA) is 62.9 Å². The molecule has 0 amide bonds. The fraction of sp³-hybridized carbons (Fsp3) is 0.143. The summed E-state index contributed by atoms with van der Waals surface area (Å²) < 4.78 is 0. The predicted octanol–water partition coefficient (Wildman–Crippen LogP) is 0.251. The van der Waals surface area contributed by atoms with Crippen molar-refractivity contribution in [2.75, 3.05) is 7.05 Å². The van der Waals surface area contributed by atoms with Crippen LogP contribution in [-0.2, 0) is 0 Å². The van der Waals surface area contributed by atoms with Gasteiger partial charge >= 0.3 is 0 Å². The molecule has 1 heterocycles. The molecule has 0 bridgehead atoms. The van der Waals surface area contributed by atoms with E-state index in [0.717, 1.165) is 0 Å². The van der Waals surface area contributed by atoms with E-state index < -0.39 is 0 Å². The van der Waals surface area contributed by atoms with Crippen LogP contribution in [0.25, 0.3) is 0 Å². The summed E-state index contributed by atoms with van der Waals surface area (Å²) in [4.78, 5) is 1.68. The van der Waals surface area contributed by atoms with Crippen molar-refractivity contribution >= 4 is 0 Å². The van der Waals surface area contributed by atoms with Crippen LogP contribution in [0.1, 0.15) is 0 Å². The summed E-state index contributed by atoms with van der Waals surface area (Å²) in [5, 5.41) is 19.7. The number of hydrogen-bond acceptors (Lipinski definition) is 4. The summed E-state index contributed by atoms with van der Waals surface area (Å²) in [6, 6.07) is 3.60. The number of nitriles is 2. The molecule has 0 fully saturated rings. The molecule has 1 rings (SSSR count). The summed E-state index contributed by atoms with van der Waals surface area (Å²) in [5.74, 6) is 0.537. The van der Waals surface area contributed by atoms with Gasteiger partial charge in [-0.05, 0) is 0 Å². The molecule has 0 aromatic carbocycles. The van der Waals surface area contributed by atoms with E-state index in [1.165, 1.54) is 0 Å². The van der Waals surface area contributed by atoms with Crippen molar-refractivity contribution in [3.63, 3.8) is 0 Å². The monoisotopic (exact) mass is 146 g/mol. The third-order valence-electron chi connectivity index (χ3n) is 1.33. The highest BCUT2D eigenvalue weighted by Gasteiger charge is 2.11. The summed E-state index contributed by atoms with van der Waals surface area (Å²) in [6.07, 6.45) is 3.41. The summed E-state index contributed by atoms with van der Waals surface area (Å²) in [6.45, 7) is 0. The Kier molecular flexibility index (Phi) is 1.80. The molecule has 4 heteroatoms. The van der Waals surface area contributed by atoms with Gasteiger partial charge in [0, 0.05) is 19.4 Å². The Labute approximate surface area is 64.6 Å². The number of rotatable bonds is 0. The predicted molar refractivity (Wildman–Crippen MR) is 38.3 cm³/mol. The Morgan fingerprint density at radius 1 is 1.55 bits per heavy atom. The molecule has 0 saturated carbocycles. The first-order chi connectivity index (χ1) is 5.29. The van der Waals surface area contributed by atoms with E-state index in [4.69, 9.17) is 10.5 Å². The standard InChI is InChI=1S/C7H6N4/c1-11-3-2-10-7(11)6(4-8)5-9/h2-3,10H,1H3. The van der Waals surface area contributed by atoms with Crippen molar-refractivity contribution < 1.29 is 0 Å². The van der Waals surface area contributed by atoms with Gasteiger partial charge < -0.3 is 10.2 Å². The van der Waals surface area contributed by atoms with E-state index >= 15 is 0 Å². The largest absolute Gasteiger partial charge is 0.345 e. The zero-order chi connectivity index (χ0) is 8.27. The van der Waals surface area contributed by atoms with Crippen LogP contribution in [0.15, 0.2) is 23.8 Å². The molecule has 54 valence electrons. The Morgan fingerprint density at radius 3 is 2.55 bits per heavy atom. The second-order valence-corrected chi connectivity index (χ2v) is 2.02. The maximum Gasteiger partial charge on any atom is 0.170 e.